The summed E-state index contributed by atoms with van der Waals surface area (Å²) in [5.41, 5.74) is 8.43. The van der Waals surface area contributed by atoms with Crippen LogP contribution >= 0.6 is 12.6 Å². The fourth-order valence-electron chi connectivity index (χ4n) is 3.44. The van der Waals surface area contributed by atoms with Crippen LogP contribution in [0.1, 0.15) is 70.7 Å². The van der Waals surface area contributed by atoms with E-state index < -0.39 is 0 Å². The molecule has 1 aliphatic rings. The van der Waals surface area contributed by atoms with Crippen molar-refractivity contribution in [1.82, 2.24) is 0 Å². The van der Waals surface area contributed by atoms with Crippen LogP contribution < -0.4 is 0 Å². The Labute approximate surface area is 146 Å². The largest absolute Gasteiger partial charge is 0.163 e. The van der Waals surface area contributed by atoms with Gasteiger partial charge in [-0.05, 0) is 51.1 Å². The average molecular weight is 325 g/mol. The first-order valence-electron chi connectivity index (χ1n) is 8.45. The third-order valence-electron chi connectivity index (χ3n) is 5.11. The van der Waals surface area contributed by atoms with E-state index in [0.29, 0.717) is 0 Å². The van der Waals surface area contributed by atoms with Crippen LogP contribution in [0.3, 0.4) is 0 Å². The summed E-state index contributed by atoms with van der Waals surface area (Å²) in [5, 5.41) is 0. The molecule has 0 radical (unpaired) electrons. The summed E-state index contributed by atoms with van der Waals surface area (Å²) in [4.78, 5) is 0. The third kappa shape index (κ3) is 2.63. The molecule has 0 aromatic heterocycles. The highest BCUT2D eigenvalue weighted by atomic mass is 32.1. The van der Waals surface area contributed by atoms with Crippen molar-refractivity contribution < 1.29 is 0 Å². The van der Waals surface area contributed by atoms with Crippen molar-refractivity contribution in [2.24, 2.45) is 0 Å². The lowest BCUT2D eigenvalue weighted by atomic mass is 9.83. The molecule has 0 atom stereocenters. The van der Waals surface area contributed by atoms with Gasteiger partial charge in [0, 0.05) is 0 Å². The van der Waals surface area contributed by atoms with Crippen LogP contribution in [0.15, 0.2) is 36.4 Å². The first-order chi connectivity index (χ1) is 10.4. The molecule has 2 aromatic carbocycles. The SMILES string of the molecule is CC(C)(C)c1ccc2c(c1)C(C)(S)c1cc(C(C)(C)C)ccc1-2. The lowest BCUT2D eigenvalue weighted by Gasteiger charge is -2.26. The quantitative estimate of drug-likeness (QED) is 0.528. The normalized spacial score (nSPS) is 16.2. The van der Waals surface area contributed by atoms with Gasteiger partial charge >= 0.3 is 0 Å². The molecule has 0 bridgehead atoms. The zero-order valence-electron chi connectivity index (χ0n) is 15.4. The van der Waals surface area contributed by atoms with Gasteiger partial charge in [-0.1, -0.05) is 77.9 Å². The van der Waals surface area contributed by atoms with E-state index in [1.807, 2.05) is 0 Å². The minimum Gasteiger partial charge on any atom is -0.163 e. The highest BCUT2D eigenvalue weighted by Crippen LogP contribution is 2.52. The van der Waals surface area contributed by atoms with Crippen molar-refractivity contribution in [2.75, 3.05) is 0 Å². The van der Waals surface area contributed by atoms with E-state index in [1.54, 1.807) is 0 Å². The van der Waals surface area contributed by atoms with Gasteiger partial charge < -0.3 is 0 Å². The molecule has 0 amide bonds. The van der Waals surface area contributed by atoms with E-state index in [1.165, 1.54) is 33.4 Å². The summed E-state index contributed by atoms with van der Waals surface area (Å²) in [7, 11) is 0. The van der Waals surface area contributed by atoms with E-state index in [9.17, 15) is 0 Å². The second-order valence-corrected chi connectivity index (χ2v) is 9.99. The fraction of sp³-hybridized carbons (Fsp3) is 0.455. The predicted octanol–water partition coefficient (Wildman–Crippen LogP) is 6.46. The van der Waals surface area contributed by atoms with Crippen molar-refractivity contribution in [2.45, 2.75) is 64.0 Å². The molecule has 1 aliphatic carbocycles. The van der Waals surface area contributed by atoms with Crippen LogP contribution in [0.4, 0.5) is 0 Å². The number of rotatable bonds is 0. The number of hydrogen-bond donors (Lipinski definition) is 1. The van der Waals surface area contributed by atoms with Crippen LogP contribution in [0.2, 0.25) is 0 Å². The molecule has 23 heavy (non-hydrogen) atoms. The maximum Gasteiger partial charge on any atom is 0.0610 e. The third-order valence-corrected chi connectivity index (χ3v) is 5.59. The van der Waals surface area contributed by atoms with E-state index in [4.69, 9.17) is 12.6 Å². The smallest absolute Gasteiger partial charge is 0.0610 e. The van der Waals surface area contributed by atoms with Crippen molar-refractivity contribution in [3.63, 3.8) is 0 Å². The molecule has 0 fully saturated rings. The summed E-state index contributed by atoms with van der Waals surface area (Å²) in [6.07, 6.45) is 0. The summed E-state index contributed by atoms with van der Waals surface area (Å²) in [6.45, 7) is 15.8. The van der Waals surface area contributed by atoms with E-state index in [0.717, 1.165) is 0 Å². The molecule has 1 heteroatoms. The standard InChI is InChI=1S/C22H28S/c1-20(2,3)14-8-10-16-17-11-9-15(21(4,5)6)13-19(17)22(7,23)18(16)12-14/h8-13,23H,1-7H3. The highest BCUT2D eigenvalue weighted by molar-refractivity contribution is 7.81. The lowest BCUT2D eigenvalue weighted by Crippen LogP contribution is -2.17. The molecule has 3 rings (SSSR count). The van der Waals surface area contributed by atoms with Gasteiger partial charge in [-0.15, -0.1) is 0 Å². The Bertz CT molecular complexity index is 702. The summed E-state index contributed by atoms with van der Waals surface area (Å²) < 4.78 is -0.229. The minimum atomic E-state index is -0.229. The average Bonchev–Trinajstić information content (AvgIpc) is 2.65. The minimum absolute atomic E-state index is 0.157. The molecule has 0 unspecified atom stereocenters. The Morgan fingerprint density at radius 1 is 0.696 bits per heavy atom. The molecule has 0 aliphatic heterocycles. The predicted molar refractivity (Wildman–Crippen MR) is 105 cm³/mol. The van der Waals surface area contributed by atoms with E-state index >= 15 is 0 Å². The Morgan fingerprint density at radius 3 is 1.35 bits per heavy atom. The Hall–Kier alpha value is -1.21. The Morgan fingerprint density at radius 2 is 1.04 bits per heavy atom. The van der Waals surface area contributed by atoms with Gasteiger partial charge in [-0.2, -0.15) is 12.6 Å². The monoisotopic (exact) mass is 324 g/mol. The zero-order valence-corrected chi connectivity index (χ0v) is 16.3. The van der Waals surface area contributed by atoms with Crippen LogP contribution in [0.5, 0.6) is 0 Å². The van der Waals surface area contributed by atoms with Gasteiger partial charge in [0.15, 0.2) is 0 Å². The number of fused-ring (bicyclic) bond motifs is 3. The van der Waals surface area contributed by atoms with Crippen molar-refractivity contribution in [3.05, 3.63) is 58.7 Å². The summed E-state index contributed by atoms with van der Waals surface area (Å²) >= 11 is 5.09. The van der Waals surface area contributed by atoms with Gasteiger partial charge in [0.25, 0.3) is 0 Å². The van der Waals surface area contributed by atoms with Crippen LogP contribution in [0, 0.1) is 0 Å². The Kier molecular flexibility index (Phi) is 3.54. The number of hydrogen-bond acceptors (Lipinski definition) is 1. The van der Waals surface area contributed by atoms with Crippen LogP contribution in [-0.2, 0) is 15.6 Å². The van der Waals surface area contributed by atoms with Gasteiger partial charge in [-0.25, -0.2) is 0 Å². The maximum absolute atomic E-state index is 5.09. The fourth-order valence-corrected chi connectivity index (χ4v) is 3.81. The molecule has 0 spiro atoms. The first-order valence-corrected chi connectivity index (χ1v) is 8.90. The summed E-state index contributed by atoms with van der Waals surface area (Å²) in [6, 6.07) is 13.8. The second-order valence-electron chi connectivity index (χ2n) is 9.09. The van der Waals surface area contributed by atoms with Gasteiger partial charge in [0.2, 0.25) is 0 Å². The number of benzene rings is 2. The molecule has 0 heterocycles. The number of thiol groups is 1. The van der Waals surface area contributed by atoms with Crippen molar-refractivity contribution >= 4 is 12.6 Å². The topological polar surface area (TPSA) is 0 Å². The molecule has 0 saturated carbocycles. The molecule has 0 saturated heterocycles. The Balaban J connectivity index is 2.22. The van der Waals surface area contributed by atoms with Crippen molar-refractivity contribution in [1.29, 1.82) is 0 Å². The lowest BCUT2D eigenvalue weighted by molar-refractivity contribution is 0.588. The molecule has 2 aromatic rings. The van der Waals surface area contributed by atoms with Gasteiger partial charge in [-0.3, -0.25) is 0 Å². The maximum atomic E-state index is 5.09. The molecule has 122 valence electrons. The highest BCUT2D eigenvalue weighted by Gasteiger charge is 2.37. The van der Waals surface area contributed by atoms with Crippen LogP contribution in [0.25, 0.3) is 11.1 Å². The molecule has 0 nitrogen and oxygen atoms in total. The van der Waals surface area contributed by atoms with E-state index in [2.05, 4.69) is 84.9 Å². The zero-order chi connectivity index (χ0) is 17.2. The molecular formula is C22H28S. The first kappa shape index (κ1) is 16.6. The van der Waals surface area contributed by atoms with Gasteiger partial charge in [0.1, 0.15) is 0 Å². The second kappa shape index (κ2) is 4.89. The molecular weight excluding hydrogens is 296 g/mol. The molecule has 0 N–H and O–H groups in total. The van der Waals surface area contributed by atoms with Crippen LogP contribution in [-0.4, -0.2) is 0 Å². The van der Waals surface area contributed by atoms with Gasteiger partial charge in [0.05, 0.1) is 4.75 Å². The summed E-state index contributed by atoms with van der Waals surface area (Å²) in [5.74, 6) is 0. The van der Waals surface area contributed by atoms with E-state index in [-0.39, 0.29) is 15.6 Å². The van der Waals surface area contributed by atoms with Crippen molar-refractivity contribution in [3.8, 4) is 11.1 Å².